The number of fused-ring (bicyclic) bond motifs is 4. The van der Waals surface area contributed by atoms with Crippen LogP contribution in [-0.4, -0.2) is 10.9 Å². The summed E-state index contributed by atoms with van der Waals surface area (Å²) in [6, 6.07) is 7.23. The highest BCUT2D eigenvalue weighted by atomic mass is 16.3. The highest BCUT2D eigenvalue weighted by Crippen LogP contribution is 2.60. The summed E-state index contributed by atoms with van der Waals surface area (Å²) in [7, 11) is 0. The SMILES string of the molecule is C[C@@]12CCC[C@H]1[C@@H]1CCC3=CC(=O)C(c4ccc(O)cc4)CC3=C1CC2. The number of aromatic hydroxyl groups is 1. The number of hydrogen-bond donors (Lipinski definition) is 1. The summed E-state index contributed by atoms with van der Waals surface area (Å²) in [6.45, 7) is 2.53. The molecule has 5 rings (SSSR count). The lowest BCUT2D eigenvalue weighted by molar-refractivity contribution is -0.116. The molecule has 2 heteroatoms. The molecule has 4 atom stereocenters. The van der Waals surface area contributed by atoms with Crippen molar-refractivity contribution >= 4 is 5.78 Å². The number of hydrogen-bond acceptors (Lipinski definition) is 2. The molecule has 0 radical (unpaired) electrons. The second-order valence-corrected chi connectivity index (χ2v) is 9.22. The van der Waals surface area contributed by atoms with E-state index < -0.39 is 0 Å². The van der Waals surface area contributed by atoms with E-state index in [-0.39, 0.29) is 17.5 Å². The van der Waals surface area contributed by atoms with Crippen molar-refractivity contribution in [2.45, 2.75) is 64.2 Å². The van der Waals surface area contributed by atoms with Gasteiger partial charge in [0.25, 0.3) is 0 Å². The van der Waals surface area contributed by atoms with Crippen molar-refractivity contribution in [1.82, 2.24) is 0 Å². The molecular weight excluding hydrogens is 320 g/mol. The Bertz CT molecular complexity index is 813. The normalized spacial score (nSPS) is 36.3. The van der Waals surface area contributed by atoms with Gasteiger partial charge < -0.3 is 5.11 Å². The highest BCUT2D eigenvalue weighted by Gasteiger charge is 2.49. The van der Waals surface area contributed by atoms with Crippen molar-refractivity contribution in [3.05, 3.63) is 52.6 Å². The van der Waals surface area contributed by atoms with E-state index in [1.165, 1.54) is 49.7 Å². The maximum Gasteiger partial charge on any atom is 0.163 e. The first kappa shape index (κ1) is 16.4. The lowest BCUT2D eigenvalue weighted by Crippen LogP contribution is -2.37. The maximum atomic E-state index is 12.8. The molecule has 2 nitrogen and oxygen atoms in total. The van der Waals surface area contributed by atoms with Gasteiger partial charge >= 0.3 is 0 Å². The van der Waals surface area contributed by atoms with E-state index >= 15 is 0 Å². The van der Waals surface area contributed by atoms with Gasteiger partial charge in [-0.3, -0.25) is 4.79 Å². The van der Waals surface area contributed by atoms with Crippen LogP contribution in [0.1, 0.15) is 69.8 Å². The molecule has 26 heavy (non-hydrogen) atoms. The van der Waals surface area contributed by atoms with E-state index in [9.17, 15) is 9.90 Å². The minimum atomic E-state index is -0.0718. The Morgan fingerprint density at radius 1 is 1.08 bits per heavy atom. The van der Waals surface area contributed by atoms with E-state index in [4.69, 9.17) is 0 Å². The van der Waals surface area contributed by atoms with E-state index in [1.807, 2.05) is 18.2 Å². The summed E-state index contributed by atoms with van der Waals surface area (Å²) in [4.78, 5) is 12.8. The summed E-state index contributed by atoms with van der Waals surface area (Å²) in [5.74, 6) is 2.07. The standard InChI is InChI=1S/C24H28O2/c1-24-11-2-3-22(24)19-9-6-16-13-23(26)21(14-20(16)18(19)10-12-24)15-4-7-17(25)8-5-15/h4-5,7-8,13,19,21-22,25H,2-3,6,9-12,14H2,1H3/t19-,21?,22+,24+/m1/s1. The number of benzene rings is 1. The largest absolute Gasteiger partial charge is 0.508 e. The average molecular weight is 348 g/mol. The minimum Gasteiger partial charge on any atom is -0.508 e. The van der Waals surface area contributed by atoms with Gasteiger partial charge in [0.15, 0.2) is 5.78 Å². The summed E-state index contributed by atoms with van der Waals surface area (Å²) in [5, 5.41) is 9.57. The van der Waals surface area contributed by atoms with Gasteiger partial charge in [-0.2, -0.15) is 0 Å². The van der Waals surface area contributed by atoms with Crippen molar-refractivity contribution in [1.29, 1.82) is 0 Å². The van der Waals surface area contributed by atoms with Crippen LogP contribution in [0.2, 0.25) is 0 Å². The smallest absolute Gasteiger partial charge is 0.163 e. The molecule has 0 spiro atoms. The minimum absolute atomic E-state index is 0.0718. The van der Waals surface area contributed by atoms with Crippen LogP contribution < -0.4 is 0 Å². The Balaban J connectivity index is 1.53. The van der Waals surface area contributed by atoms with Crippen LogP contribution in [0.3, 0.4) is 0 Å². The molecule has 0 amide bonds. The number of allylic oxidation sites excluding steroid dienone is 4. The molecule has 0 saturated heterocycles. The van der Waals surface area contributed by atoms with E-state index in [0.717, 1.165) is 30.2 Å². The second kappa shape index (κ2) is 5.84. The summed E-state index contributed by atoms with van der Waals surface area (Å²) in [5.41, 5.74) is 6.16. The molecule has 0 aliphatic heterocycles. The van der Waals surface area contributed by atoms with Crippen molar-refractivity contribution in [3.8, 4) is 5.75 Å². The second-order valence-electron chi connectivity index (χ2n) is 9.22. The number of phenols is 1. The van der Waals surface area contributed by atoms with Crippen molar-refractivity contribution in [2.24, 2.45) is 17.3 Å². The molecule has 2 saturated carbocycles. The van der Waals surface area contributed by atoms with Gasteiger partial charge in [-0.1, -0.05) is 31.1 Å². The van der Waals surface area contributed by atoms with Crippen molar-refractivity contribution < 1.29 is 9.90 Å². The Morgan fingerprint density at radius 3 is 2.69 bits per heavy atom. The zero-order chi connectivity index (χ0) is 17.9. The molecule has 4 aliphatic carbocycles. The monoisotopic (exact) mass is 348 g/mol. The molecule has 0 aromatic heterocycles. The van der Waals surface area contributed by atoms with Gasteiger partial charge in [-0.15, -0.1) is 0 Å². The Kier molecular flexibility index (Phi) is 3.67. The highest BCUT2D eigenvalue weighted by molar-refractivity contribution is 5.98. The Labute approximate surface area is 156 Å². The van der Waals surface area contributed by atoms with Gasteiger partial charge in [0.2, 0.25) is 0 Å². The zero-order valence-corrected chi connectivity index (χ0v) is 15.6. The fraction of sp³-hybridized carbons (Fsp3) is 0.542. The summed E-state index contributed by atoms with van der Waals surface area (Å²) < 4.78 is 0. The summed E-state index contributed by atoms with van der Waals surface area (Å²) >= 11 is 0. The molecule has 2 fully saturated rings. The van der Waals surface area contributed by atoms with E-state index in [2.05, 4.69) is 6.92 Å². The van der Waals surface area contributed by atoms with Crippen LogP contribution in [0.5, 0.6) is 5.75 Å². The van der Waals surface area contributed by atoms with Crippen LogP contribution in [0.4, 0.5) is 0 Å². The Morgan fingerprint density at radius 2 is 1.88 bits per heavy atom. The quantitative estimate of drug-likeness (QED) is 0.709. The topological polar surface area (TPSA) is 37.3 Å². The van der Waals surface area contributed by atoms with Crippen LogP contribution in [0, 0.1) is 17.3 Å². The third-order valence-electron chi connectivity index (χ3n) is 7.92. The predicted octanol–water partition coefficient (Wildman–Crippen LogP) is 5.68. The molecule has 0 heterocycles. The molecule has 1 unspecified atom stereocenters. The van der Waals surface area contributed by atoms with Gasteiger partial charge in [-0.25, -0.2) is 0 Å². The maximum absolute atomic E-state index is 12.8. The predicted molar refractivity (Wildman–Crippen MR) is 103 cm³/mol. The number of phenolic OH excluding ortho intramolecular Hbond substituents is 1. The van der Waals surface area contributed by atoms with Gasteiger partial charge in [0.05, 0.1) is 5.92 Å². The Hall–Kier alpha value is -1.83. The van der Waals surface area contributed by atoms with Gasteiger partial charge in [0, 0.05) is 0 Å². The zero-order valence-electron chi connectivity index (χ0n) is 15.6. The van der Waals surface area contributed by atoms with Gasteiger partial charge in [0.1, 0.15) is 5.75 Å². The number of carbonyl (C=O) groups is 1. The van der Waals surface area contributed by atoms with E-state index in [1.54, 1.807) is 17.7 Å². The first-order chi connectivity index (χ1) is 12.5. The van der Waals surface area contributed by atoms with Gasteiger partial charge in [-0.05, 0) is 97.1 Å². The van der Waals surface area contributed by atoms with Crippen LogP contribution in [-0.2, 0) is 4.79 Å². The number of ketones is 1. The first-order valence-corrected chi connectivity index (χ1v) is 10.3. The summed E-state index contributed by atoms with van der Waals surface area (Å²) in [6.07, 6.45) is 11.9. The van der Waals surface area contributed by atoms with Crippen LogP contribution >= 0.6 is 0 Å². The fourth-order valence-corrected chi connectivity index (χ4v) is 6.51. The van der Waals surface area contributed by atoms with E-state index in [0.29, 0.717) is 5.41 Å². The van der Waals surface area contributed by atoms with Crippen molar-refractivity contribution in [2.75, 3.05) is 0 Å². The lowest BCUT2D eigenvalue weighted by atomic mass is 9.57. The number of carbonyl (C=O) groups excluding carboxylic acids is 1. The molecule has 1 aromatic rings. The lowest BCUT2D eigenvalue weighted by Gasteiger charge is -2.47. The van der Waals surface area contributed by atoms with Crippen LogP contribution in [0.15, 0.2) is 47.1 Å². The molecule has 0 bridgehead atoms. The molecule has 1 N–H and O–H groups in total. The molecule has 4 aliphatic rings. The van der Waals surface area contributed by atoms with Crippen LogP contribution in [0.25, 0.3) is 0 Å². The third-order valence-corrected chi connectivity index (χ3v) is 7.92. The molecule has 1 aromatic carbocycles. The average Bonchev–Trinajstić information content (AvgIpc) is 3.03. The molecular formula is C24H28O2. The van der Waals surface area contributed by atoms with Crippen molar-refractivity contribution in [3.63, 3.8) is 0 Å². The third kappa shape index (κ3) is 2.41. The molecule has 136 valence electrons. The first-order valence-electron chi connectivity index (χ1n) is 10.3. The fourth-order valence-electron chi connectivity index (χ4n) is 6.51. The number of rotatable bonds is 1.